The Hall–Kier alpha value is -4.04. The van der Waals surface area contributed by atoms with Gasteiger partial charge in [0.25, 0.3) is 0 Å². The third-order valence-electron chi connectivity index (χ3n) is 5.73. The summed E-state index contributed by atoms with van der Waals surface area (Å²) in [5.74, 6) is 1.80. The van der Waals surface area contributed by atoms with E-state index in [0.29, 0.717) is 17.8 Å². The Labute approximate surface area is 189 Å². The Balaban J connectivity index is 1.86. The van der Waals surface area contributed by atoms with E-state index in [9.17, 15) is 5.26 Å². The highest BCUT2D eigenvalue weighted by molar-refractivity contribution is 6.04. The van der Waals surface area contributed by atoms with Crippen molar-refractivity contribution < 1.29 is 4.74 Å². The highest BCUT2D eigenvalue weighted by atomic mass is 16.5. The summed E-state index contributed by atoms with van der Waals surface area (Å²) in [6.07, 6.45) is 0.553. The molecular formula is C27H26N4O. The van der Waals surface area contributed by atoms with Crippen molar-refractivity contribution in [3.8, 4) is 11.8 Å². The number of nitrogens with two attached hydrogens (primary N) is 1. The van der Waals surface area contributed by atoms with Crippen LogP contribution in [0.4, 0.5) is 11.4 Å². The first-order valence-corrected chi connectivity index (χ1v) is 10.5. The fraction of sp³-hybridized carbons (Fsp3) is 0.185. The van der Waals surface area contributed by atoms with E-state index in [1.165, 1.54) is 5.56 Å². The van der Waals surface area contributed by atoms with Gasteiger partial charge in [-0.3, -0.25) is 4.90 Å². The lowest BCUT2D eigenvalue weighted by molar-refractivity contribution is 0.414. The Kier molecular flexibility index (Phi) is 5.96. The fourth-order valence-corrected chi connectivity index (χ4v) is 3.92. The van der Waals surface area contributed by atoms with Gasteiger partial charge >= 0.3 is 0 Å². The topological polar surface area (TPSA) is 74.6 Å². The van der Waals surface area contributed by atoms with Gasteiger partial charge in [-0.1, -0.05) is 47.5 Å². The number of aliphatic imine (C=N–C) groups is 1. The molecule has 1 heterocycles. The van der Waals surface area contributed by atoms with Gasteiger partial charge in [-0.05, 0) is 55.8 Å². The van der Waals surface area contributed by atoms with Gasteiger partial charge in [0, 0.05) is 18.0 Å². The van der Waals surface area contributed by atoms with Crippen LogP contribution in [0.2, 0.25) is 0 Å². The first kappa shape index (κ1) is 21.2. The van der Waals surface area contributed by atoms with Crippen molar-refractivity contribution in [1.82, 2.24) is 0 Å². The van der Waals surface area contributed by atoms with Crippen LogP contribution in [0.25, 0.3) is 0 Å². The average molecular weight is 423 g/mol. The molecule has 0 aromatic heterocycles. The summed E-state index contributed by atoms with van der Waals surface area (Å²) in [5.41, 5.74) is 12.2. The number of anilines is 1. The van der Waals surface area contributed by atoms with Gasteiger partial charge < -0.3 is 10.5 Å². The minimum atomic E-state index is -0.184. The van der Waals surface area contributed by atoms with E-state index in [1.807, 2.05) is 84.6 Å². The number of amidine groups is 1. The molecular weight excluding hydrogens is 396 g/mol. The summed E-state index contributed by atoms with van der Waals surface area (Å²) in [4.78, 5) is 6.86. The van der Waals surface area contributed by atoms with Crippen LogP contribution in [-0.2, 0) is 0 Å². The summed E-state index contributed by atoms with van der Waals surface area (Å²) in [6.45, 7) is 4.09. The summed E-state index contributed by atoms with van der Waals surface area (Å²) in [6, 6.07) is 26.3. The van der Waals surface area contributed by atoms with E-state index in [1.54, 1.807) is 7.11 Å². The number of nitriles is 1. The summed E-state index contributed by atoms with van der Waals surface area (Å²) in [5, 5.41) is 10.0. The molecule has 1 atom stereocenters. The average Bonchev–Trinajstić information content (AvgIpc) is 2.81. The lowest BCUT2D eigenvalue weighted by atomic mass is 9.85. The predicted molar refractivity (Wildman–Crippen MR) is 129 cm³/mol. The molecule has 5 heteroatoms. The molecule has 0 bridgehead atoms. The van der Waals surface area contributed by atoms with E-state index in [2.05, 4.69) is 13.0 Å². The Morgan fingerprint density at radius 3 is 2.09 bits per heavy atom. The number of ether oxygens (including phenoxy) is 1. The smallest absolute Gasteiger partial charge is 0.123 e. The molecule has 0 amide bonds. The normalized spacial score (nSPS) is 17.4. The van der Waals surface area contributed by atoms with Crippen LogP contribution < -0.4 is 15.4 Å². The van der Waals surface area contributed by atoms with Crippen molar-refractivity contribution in [2.24, 2.45) is 10.7 Å². The zero-order valence-electron chi connectivity index (χ0n) is 18.5. The summed E-state index contributed by atoms with van der Waals surface area (Å²) in [7, 11) is 1.64. The SMILES string of the molecule is COc1ccc(C2CC(=Nc3ccc(C)cc3)N(c3ccc(C)cc3)C(N)=C2C#N)cc1. The minimum Gasteiger partial charge on any atom is -0.497 e. The summed E-state index contributed by atoms with van der Waals surface area (Å²) >= 11 is 0. The van der Waals surface area contributed by atoms with Crippen molar-refractivity contribution in [3.05, 3.63) is 101 Å². The number of hydrogen-bond acceptors (Lipinski definition) is 4. The largest absolute Gasteiger partial charge is 0.497 e. The molecule has 0 spiro atoms. The van der Waals surface area contributed by atoms with E-state index >= 15 is 0 Å². The molecule has 0 saturated heterocycles. The van der Waals surface area contributed by atoms with E-state index in [0.717, 1.165) is 34.1 Å². The molecule has 1 aliphatic heterocycles. The number of allylic oxidation sites excluding steroid dienone is 1. The number of benzene rings is 3. The van der Waals surface area contributed by atoms with Crippen molar-refractivity contribution in [1.29, 1.82) is 5.26 Å². The predicted octanol–water partition coefficient (Wildman–Crippen LogP) is 5.73. The molecule has 1 unspecified atom stereocenters. The molecule has 4 rings (SSSR count). The number of nitrogens with zero attached hydrogens (tertiary/aromatic N) is 3. The maximum atomic E-state index is 10.0. The van der Waals surface area contributed by atoms with Gasteiger partial charge in [-0.15, -0.1) is 0 Å². The van der Waals surface area contributed by atoms with Crippen LogP contribution in [-0.4, -0.2) is 12.9 Å². The standard InChI is InChI=1S/C27H26N4O/c1-18-4-10-21(11-5-18)30-26-16-24(20-8-14-23(32-3)15-9-20)25(17-28)27(29)31(26)22-12-6-19(2)7-13-22/h4-15,24H,16,29H2,1-3H3. The van der Waals surface area contributed by atoms with E-state index in [-0.39, 0.29) is 5.92 Å². The highest BCUT2D eigenvalue weighted by Crippen LogP contribution is 2.38. The van der Waals surface area contributed by atoms with Crippen molar-refractivity contribution in [2.75, 3.05) is 12.0 Å². The van der Waals surface area contributed by atoms with Crippen LogP contribution >= 0.6 is 0 Å². The van der Waals surface area contributed by atoms with Gasteiger partial charge in [-0.25, -0.2) is 4.99 Å². The molecule has 0 fully saturated rings. The second-order valence-corrected chi connectivity index (χ2v) is 7.98. The minimum absolute atomic E-state index is 0.184. The number of aryl methyl sites for hydroxylation is 2. The maximum absolute atomic E-state index is 10.0. The number of hydrogen-bond donors (Lipinski definition) is 1. The van der Waals surface area contributed by atoms with Crippen LogP contribution in [0.3, 0.4) is 0 Å². The first-order chi connectivity index (χ1) is 15.5. The Morgan fingerprint density at radius 2 is 1.53 bits per heavy atom. The van der Waals surface area contributed by atoms with Crippen LogP contribution in [0, 0.1) is 25.2 Å². The van der Waals surface area contributed by atoms with Gasteiger partial charge in [0.05, 0.1) is 24.4 Å². The zero-order valence-corrected chi connectivity index (χ0v) is 18.5. The summed E-state index contributed by atoms with van der Waals surface area (Å²) < 4.78 is 5.29. The van der Waals surface area contributed by atoms with Crippen molar-refractivity contribution >= 4 is 17.2 Å². The second kappa shape index (κ2) is 8.99. The van der Waals surface area contributed by atoms with E-state index in [4.69, 9.17) is 15.5 Å². The van der Waals surface area contributed by atoms with Gasteiger partial charge in [0.1, 0.15) is 17.4 Å². The monoisotopic (exact) mass is 422 g/mol. The number of methoxy groups -OCH3 is 1. The van der Waals surface area contributed by atoms with Crippen molar-refractivity contribution in [2.45, 2.75) is 26.2 Å². The lowest BCUT2D eigenvalue weighted by Gasteiger charge is -2.35. The quantitative estimate of drug-likeness (QED) is 0.583. The maximum Gasteiger partial charge on any atom is 0.123 e. The van der Waals surface area contributed by atoms with Gasteiger partial charge in [-0.2, -0.15) is 5.26 Å². The van der Waals surface area contributed by atoms with Crippen LogP contribution in [0.1, 0.15) is 29.0 Å². The third kappa shape index (κ3) is 4.21. The zero-order chi connectivity index (χ0) is 22.7. The van der Waals surface area contributed by atoms with Gasteiger partial charge in [0.15, 0.2) is 0 Å². The molecule has 0 aliphatic carbocycles. The van der Waals surface area contributed by atoms with E-state index < -0.39 is 0 Å². The molecule has 1 aliphatic rings. The highest BCUT2D eigenvalue weighted by Gasteiger charge is 2.33. The second-order valence-electron chi connectivity index (χ2n) is 7.98. The molecule has 5 nitrogen and oxygen atoms in total. The molecule has 3 aromatic rings. The molecule has 32 heavy (non-hydrogen) atoms. The third-order valence-corrected chi connectivity index (χ3v) is 5.73. The Morgan fingerprint density at radius 1 is 0.938 bits per heavy atom. The number of rotatable bonds is 4. The first-order valence-electron chi connectivity index (χ1n) is 10.5. The van der Waals surface area contributed by atoms with Crippen LogP contribution in [0.15, 0.2) is 89.2 Å². The van der Waals surface area contributed by atoms with Crippen molar-refractivity contribution in [3.63, 3.8) is 0 Å². The molecule has 160 valence electrons. The van der Waals surface area contributed by atoms with Crippen LogP contribution in [0.5, 0.6) is 5.75 Å². The molecule has 0 radical (unpaired) electrons. The fourth-order valence-electron chi connectivity index (χ4n) is 3.92. The Bertz CT molecular complexity index is 1200. The molecule has 3 aromatic carbocycles. The molecule has 0 saturated carbocycles. The van der Waals surface area contributed by atoms with Gasteiger partial charge in [0.2, 0.25) is 0 Å². The molecule has 2 N–H and O–H groups in total. The lowest BCUT2D eigenvalue weighted by Crippen LogP contribution is -2.40.